The topological polar surface area (TPSA) is 89.5 Å². The highest BCUT2D eigenvalue weighted by molar-refractivity contribution is 6.32. The number of phenolic OH excluding ortho intramolecular Hbond substituents is 2. The van der Waals surface area contributed by atoms with Crippen molar-refractivity contribution < 1.29 is 15.0 Å². The molecule has 3 N–H and O–H groups in total. The number of halogens is 1. The molecule has 0 radical (unpaired) electrons. The fourth-order valence-electron chi connectivity index (χ4n) is 4.20. The van der Waals surface area contributed by atoms with Crippen LogP contribution in [-0.4, -0.2) is 37.8 Å². The van der Waals surface area contributed by atoms with Gasteiger partial charge in [0.1, 0.15) is 17.2 Å². The Hall–Kier alpha value is -3.77. The zero-order chi connectivity index (χ0) is 22.9. The van der Waals surface area contributed by atoms with Gasteiger partial charge >= 0.3 is 0 Å². The summed E-state index contributed by atoms with van der Waals surface area (Å²) in [6, 6.07) is 20.9. The fraction of sp³-hybridized carbons (Fsp3) is 0.154. The van der Waals surface area contributed by atoms with Crippen LogP contribution < -0.4 is 0 Å². The minimum Gasteiger partial charge on any atom is -0.507 e. The monoisotopic (exact) mass is 459 g/mol. The number of carbonyl (C=O) groups is 1. The van der Waals surface area contributed by atoms with Crippen molar-refractivity contribution in [1.82, 2.24) is 15.1 Å². The van der Waals surface area contributed by atoms with Crippen LogP contribution in [0, 0.1) is 0 Å². The number of carbonyl (C=O) groups excluding carboxylic acids is 1. The van der Waals surface area contributed by atoms with Crippen molar-refractivity contribution in [1.29, 1.82) is 0 Å². The summed E-state index contributed by atoms with van der Waals surface area (Å²) in [5, 5.41) is 27.5. The predicted molar refractivity (Wildman–Crippen MR) is 127 cm³/mol. The fourth-order valence-corrected chi connectivity index (χ4v) is 4.37. The van der Waals surface area contributed by atoms with Gasteiger partial charge in [-0.05, 0) is 22.8 Å². The quantitative estimate of drug-likeness (QED) is 0.403. The third-order valence-corrected chi connectivity index (χ3v) is 6.33. The predicted octanol–water partition coefficient (Wildman–Crippen LogP) is 4.94. The van der Waals surface area contributed by atoms with Crippen LogP contribution in [0.1, 0.15) is 16.8 Å². The second-order valence-corrected chi connectivity index (χ2v) is 8.56. The largest absolute Gasteiger partial charge is 0.507 e. The molecule has 2 heterocycles. The molecule has 0 fully saturated rings. The van der Waals surface area contributed by atoms with Gasteiger partial charge in [0, 0.05) is 42.4 Å². The molecule has 0 spiro atoms. The summed E-state index contributed by atoms with van der Waals surface area (Å²) >= 11 is 6.04. The Morgan fingerprint density at radius 2 is 1.73 bits per heavy atom. The van der Waals surface area contributed by atoms with Crippen LogP contribution in [0.25, 0.3) is 22.4 Å². The number of hydrogen-bond donors (Lipinski definition) is 3. The van der Waals surface area contributed by atoms with E-state index in [4.69, 9.17) is 11.6 Å². The Bertz CT molecular complexity index is 1320. The average Bonchev–Trinajstić information content (AvgIpc) is 3.25. The molecule has 0 saturated heterocycles. The van der Waals surface area contributed by atoms with E-state index in [1.54, 1.807) is 0 Å². The third kappa shape index (κ3) is 4.17. The molecule has 166 valence electrons. The van der Waals surface area contributed by atoms with E-state index in [9.17, 15) is 15.0 Å². The number of nitrogens with one attached hydrogen (secondary N) is 1. The van der Waals surface area contributed by atoms with Crippen molar-refractivity contribution in [2.75, 3.05) is 6.54 Å². The molecular formula is C26H22ClN3O3. The van der Waals surface area contributed by atoms with Crippen LogP contribution in [-0.2, 0) is 24.2 Å². The van der Waals surface area contributed by atoms with Gasteiger partial charge in [-0.3, -0.25) is 9.89 Å². The van der Waals surface area contributed by atoms with Gasteiger partial charge in [-0.15, -0.1) is 0 Å². The molecule has 5 rings (SSSR count). The first kappa shape index (κ1) is 21.1. The summed E-state index contributed by atoms with van der Waals surface area (Å²) in [6.45, 7) is 0.984. The number of phenols is 2. The molecule has 33 heavy (non-hydrogen) atoms. The molecule has 0 atom stereocenters. The Balaban J connectivity index is 1.33. The van der Waals surface area contributed by atoms with Crippen LogP contribution in [0.3, 0.4) is 0 Å². The van der Waals surface area contributed by atoms with Crippen molar-refractivity contribution in [3.05, 3.63) is 88.6 Å². The van der Waals surface area contributed by atoms with E-state index in [0.717, 1.165) is 27.9 Å². The number of benzene rings is 3. The summed E-state index contributed by atoms with van der Waals surface area (Å²) in [6.07, 6.45) is 0.960. The smallest absolute Gasteiger partial charge is 0.227 e. The van der Waals surface area contributed by atoms with Gasteiger partial charge in [0.15, 0.2) is 0 Å². The normalized spacial score (nSPS) is 13.1. The second kappa shape index (κ2) is 8.64. The molecule has 0 bridgehead atoms. The number of rotatable bonds is 4. The number of aromatic hydroxyl groups is 2. The Morgan fingerprint density at radius 1 is 1.00 bits per heavy atom. The molecule has 6 nitrogen and oxygen atoms in total. The van der Waals surface area contributed by atoms with E-state index >= 15 is 0 Å². The summed E-state index contributed by atoms with van der Waals surface area (Å²) in [7, 11) is 0. The number of hydrogen-bond acceptors (Lipinski definition) is 4. The molecule has 3 aromatic carbocycles. The standard InChI is InChI=1S/C26H22ClN3O3/c27-21-13-19(23(31)14-24(21)32)26-20-15-30(11-10-22(20)28-29-26)25(33)12-16-6-8-18(9-7-16)17-4-2-1-3-5-17/h1-9,13-14,31-32H,10-12,15H2,(H,28,29). The van der Waals surface area contributed by atoms with Crippen LogP contribution in [0.4, 0.5) is 0 Å². The molecule has 0 aliphatic carbocycles. The maximum absolute atomic E-state index is 13.1. The number of H-pyrrole nitrogens is 1. The average molecular weight is 460 g/mol. The number of fused-ring (bicyclic) bond motifs is 1. The lowest BCUT2D eigenvalue weighted by Crippen LogP contribution is -2.36. The van der Waals surface area contributed by atoms with Crippen molar-refractivity contribution in [2.24, 2.45) is 0 Å². The molecule has 1 aromatic heterocycles. The van der Waals surface area contributed by atoms with Gasteiger partial charge in [0.2, 0.25) is 5.91 Å². The summed E-state index contributed by atoms with van der Waals surface area (Å²) in [4.78, 5) is 14.9. The molecule has 0 saturated carbocycles. The number of amides is 1. The van der Waals surface area contributed by atoms with Crippen LogP contribution in [0.2, 0.25) is 5.02 Å². The van der Waals surface area contributed by atoms with Crippen molar-refractivity contribution in [2.45, 2.75) is 19.4 Å². The van der Waals surface area contributed by atoms with E-state index in [0.29, 0.717) is 37.2 Å². The lowest BCUT2D eigenvalue weighted by atomic mass is 9.99. The lowest BCUT2D eigenvalue weighted by Gasteiger charge is -2.27. The molecular weight excluding hydrogens is 438 g/mol. The molecule has 1 amide bonds. The first-order chi connectivity index (χ1) is 16.0. The first-order valence-electron chi connectivity index (χ1n) is 10.7. The van der Waals surface area contributed by atoms with Crippen molar-refractivity contribution >= 4 is 17.5 Å². The number of aromatic nitrogens is 2. The van der Waals surface area contributed by atoms with E-state index in [2.05, 4.69) is 22.3 Å². The van der Waals surface area contributed by atoms with Gasteiger partial charge in [-0.25, -0.2) is 0 Å². The van der Waals surface area contributed by atoms with Crippen molar-refractivity contribution in [3.8, 4) is 33.9 Å². The van der Waals surface area contributed by atoms with Gasteiger partial charge in [-0.2, -0.15) is 5.10 Å². The number of nitrogens with zero attached hydrogens (tertiary/aromatic N) is 2. The van der Waals surface area contributed by atoms with E-state index < -0.39 is 0 Å². The Kier molecular flexibility index (Phi) is 5.52. The van der Waals surface area contributed by atoms with E-state index in [1.165, 1.54) is 12.1 Å². The van der Waals surface area contributed by atoms with Gasteiger partial charge in [0.05, 0.1) is 11.4 Å². The highest BCUT2D eigenvalue weighted by Gasteiger charge is 2.27. The molecule has 1 aliphatic heterocycles. The minimum absolute atomic E-state index is 0.0354. The summed E-state index contributed by atoms with van der Waals surface area (Å²) in [5.74, 6) is -0.279. The summed E-state index contributed by atoms with van der Waals surface area (Å²) < 4.78 is 0. The molecule has 1 aliphatic rings. The third-order valence-electron chi connectivity index (χ3n) is 6.02. The van der Waals surface area contributed by atoms with Crippen LogP contribution >= 0.6 is 11.6 Å². The zero-order valence-electron chi connectivity index (χ0n) is 17.8. The highest BCUT2D eigenvalue weighted by atomic mass is 35.5. The van der Waals surface area contributed by atoms with Crippen LogP contribution in [0.5, 0.6) is 11.5 Å². The zero-order valence-corrected chi connectivity index (χ0v) is 18.5. The Morgan fingerprint density at radius 3 is 2.48 bits per heavy atom. The van der Waals surface area contributed by atoms with Gasteiger partial charge < -0.3 is 15.1 Å². The van der Waals surface area contributed by atoms with E-state index in [1.807, 2.05) is 47.4 Å². The van der Waals surface area contributed by atoms with E-state index in [-0.39, 0.29) is 22.4 Å². The van der Waals surface area contributed by atoms with Gasteiger partial charge in [0.25, 0.3) is 0 Å². The van der Waals surface area contributed by atoms with Crippen molar-refractivity contribution in [3.63, 3.8) is 0 Å². The Labute approximate surface area is 196 Å². The molecule has 0 unspecified atom stereocenters. The lowest BCUT2D eigenvalue weighted by molar-refractivity contribution is -0.131. The minimum atomic E-state index is -0.197. The SMILES string of the molecule is O=C(Cc1ccc(-c2ccccc2)cc1)N1CCc2[nH]nc(-c3cc(Cl)c(O)cc3O)c2C1. The maximum atomic E-state index is 13.1. The number of aromatic amines is 1. The van der Waals surface area contributed by atoms with Gasteiger partial charge in [-0.1, -0.05) is 66.2 Å². The summed E-state index contributed by atoms with van der Waals surface area (Å²) in [5.41, 5.74) is 5.96. The maximum Gasteiger partial charge on any atom is 0.227 e. The molecule has 7 heteroatoms. The van der Waals surface area contributed by atoms with Crippen LogP contribution in [0.15, 0.2) is 66.7 Å². The molecule has 4 aromatic rings. The highest BCUT2D eigenvalue weighted by Crippen LogP contribution is 2.39. The first-order valence-corrected chi connectivity index (χ1v) is 11.1. The second-order valence-electron chi connectivity index (χ2n) is 8.16.